The van der Waals surface area contributed by atoms with Crippen LogP contribution in [0.15, 0.2) is 0 Å². The third kappa shape index (κ3) is 2.08. The van der Waals surface area contributed by atoms with Gasteiger partial charge in [-0.3, -0.25) is 5.10 Å². The molecule has 2 aromatic rings. The van der Waals surface area contributed by atoms with Crippen LogP contribution >= 0.6 is 0 Å². The highest BCUT2D eigenvalue weighted by Crippen LogP contribution is 2.11. The molecule has 1 atom stereocenters. The second kappa shape index (κ2) is 4.40. The van der Waals surface area contributed by atoms with Gasteiger partial charge in [0.25, 0.3) is 0 Å². The molecule has 0 aromatic carbocycles. The van der Waals surface area contributed by atoms with Crippen molar-refractivity contribution in [1.29, 1.82) is 0 Å². The van der Waals surface area contributed by atoms with Gasteiger partial charge in [-0.15, -0.1) is 10.2 Å². The quantitative estimate of drug-likeness (QED) is 0.694. The summed E-state index contributed by atoms with van der Waals surface area (Å²) < 4.78 is 0. The maximum atomic E-state index is 4.14. The highest BCUT2D eigenvalue weighted by molar-refractivity contribution is 5.22. The minimum Gasteiger partial charge on any atom is -0.303 e. The first-order chi connectivity index (χ1) is 7.68. The molecule has 2 aromatic heterocycles. The highest BCUT2D eigenvalue weighted by Gasteiger charge is 2.12. The van der Waals surface area contributed by atoms with E-state index in [-0.39, 0.29) is 6.04 Å². The molecule has 7 heteroatoms. The van der Waals surface area contributed by atoms with E-state index in [4.69, 9.17) is 0 Å². The van der Waals surface area contributed by atoms with E-state index < -0.39 is 0 Å². The number of tetrazole rings is 1. The lowest BCUT2D eigenvalue weighted by atomic mass is 10.2. The molecular weight excluding hydrogens is 206 g/mol. The zero-order chi connectivity index (χ0) is 11.5. The molecule has 0 saturated carbocycles. The standard InChI is InChI=1S/C9H15N7/c1-5-8(6(2)12-11-5)4-10-7(3)9-13-15-16-14-9/h7,10H,4H2,1-3H3,(H,11,12)(H,13,14,15,16). The van der Waals surface area contributed by atoms with E-state index in [0.717, 1.165) is 17.9 Å². The Bertz CT molecular complexity index is 425. The summed E-state index contributed by atoms with van der Waals surface area (Å²) >= 11 is 0. The SMILES string of the molecule is Cc1n[nH]c(C)c1CNC(C)c1nn[nH]n1. The second-order valence-corrected chi connectivity index (χ2v) is 3.79. The van der Waals surface area contributed by atoms with Crippen LogP contribution in [-0.2, 0) is 6.54 Å². The first kappa shape index (κ1) is 10.7. The van der Waals surface area contributed by atoms with E-state index >= 15 is 0 Å². The Morgan fingerprint density at radius 2 is 2.12 bits per heavy atom. The number of aromatic amines is 2. The molecule has 16 heavy (non-hydrogen) atoms. The first-order valence-electron chi connectivity index (χ1n) is 5.15. The van der Waals surface area contributed by atoms with E-state index in [1.807, 2.05) is 20.8 Å². The number of nitrogens with one attached hydrogen (secondary N) is 3. The van der Waals surface area contributed by atoms with Gasteiger partial charge in [0, 0.05) is 17.8 Å². The summed E-state index contributed by atoms with van der Waals surface area (Å²) in [4.78, 5) is 0. The Labute approximate surface area is 93.0 Å². The van der Waals surface area contributed by atoms with Gasteiger partial charge in [-0.1, -0.05) is 5.21 Å². The molecule has 0 radical (unpaired) electrons. The van der Waals surface area contributed by atoms with Crippen LogP contribution in [-0.4, -0.2) is 30.8 Å². The van der Waals surface area contributed by atoms with Crippen molar-refractivity contribution in [1.82, 2.24) is 36.1 Å². The smallest absolute Gasteiger partial charge is 0.191 e. The van der Waals surface area contributed by atoms with Crippen LogP contribution in [0, 0.1) is 13.8 Å². The van der Waals surface area contributed by atoms with Gasteiger partial charge >= 0.3 is 0 Å². The Morgan fingerprint density at radius 3 is 2.69 bits per heavy atom. The van der Waals surface area contributed by atoms with Crippen molar-refractivity contribution in [3.8, 4) is 0 Å². The van der Waals surface area contributed by atoms with Crippen molar-refractivity contribution in [3.63, 3.8) is 0 Å². The molecule has 0 saturated heterocycles. The maximum Gasteiger partial charge on any atom is 0.191 e. The molecule has 3 N–H and O–H groups in total. The van der Waals surface area contributed by atoms with Crippen LogP contribution in [0.5, 0.6) is 0 Å². The lowest BCUT2D eigenvalue weighted by molar-refractivity contribution is 0.545. The average molecular weight is 221 g/mol. The largest absolute Gasteiger partial charge is 0.303 e. The third-order valence-corrected chi connectivity index (χ3v) is 2.61. The van der Waals surface area contributed by atoms with E-state index in [2.05, 4.69) is 36.1 Å². The molecular formula is C9H15N7. The number of rotatable bonds is 4. The normalized spacial score (nSPS) is 12.9. The van der Waals surface area contributed by atoms with Gasteiger partial charge in [-0.05, 0) is 20.8 Å². The highest BCUT2D eigenvalue weighted by atomic mass is 15.5. The molecule has 0 amide bonds. The third-order valence-electron chi connectivity index (χ3n) is 2.61. The first-order valence-corrected chi connectivity index (χ1v) is 5.15. The fourth-order valence-corrected chi connectivity index (χ4v) is 1.53. The van der Waals surface area contributed by atoms with Crippen molar-refractivity contribution in [2.75, 3.05) is 0 Å². The Kier molecular flexibility index (Phi) is 2.95. The summed E-state index contributed by atoms with van der Waals surface area (Å²) in [5.41, 5.74) is 3.30. The van der Waals surface area contributed by atoms with E-state index in [9.17, 15) is 0 Å². The van der Waals surface area contributed by atoms with Gasteiger partial charge in [-0.25, -0.2) is 0 Å². The summed E-state index contributed by atoms with van der Waals surface area (Å²) in [6.07, 6.45) is 0. The lowest BCUT2D eigenvalue weighted by Crippen LogP contribution is -2.20. The van der Waals surface area contributed by atoms with E-state index in [0.29, 0.717) is 5.82 Å². The second-order valence-electron chi connectivity index (χ2n) is 3.79. The fourth-order valence-electron chi connectivity index (χ4n) is 1.53. The van der Waals surface area contributed by atoms with Crippen molar-refractivity contribution < 1.29 is 0 Å². The monoisotopic (exact) mass is 221 g/mol. The zero-order valence-electron chi connectivity index (χ0n) is 9.57. The number of H-pyrrole nitrogens is 2. The summed E-state index contributed by atoms with van der Waals surface area (Å²) in [5.74, 6) is 0.666. The van der Waals surface area contributed by atoms with Gasteiger partial charge in [0.1, 0.15) is 0 Å². The zero-order valence-corrected chi connectivity index (χ0v) is 9.57. The summed E-state index contributed by atoms with van der Waals surface area (Å²) in [7, 11) is 0. The Morgan fingerprint density at radius 1 is 1.31 bits per heavy atom. The molecule has 2 heterocycles. The molecule has 0 fully saturated rings. The van der Waals surface area contributed by atoms with Crippen molar-refractivity contribution in [2.45, 2.75) is 33.4 Å². The number of aryl methyl sites for hydroxylation is 2. The topological polar surface area (TPSA) is 95.2 Å². The molecule has 0 aliphatic carbocycles. The number of aromatic nitrogens is 6. The van der Waals surface area contributed by atoms with Gasteiger partial charge in [-0.2, -0.15) is 10.3 Å². The number of hydrogen-bond acceptors (Lipinski definition) is 5. The van der Waals surface area contributed by atoms with Gasteiger partial charge in [0.2, 0.25) is 0 Å². The summed E-state index contributed by atoms with van der Waals surface area (Å²) in [6.45, 7) is 6.73. The van der Waals surface area contributed by atoms with Crippen molar-refractivity contribution >= 4 is 0 Å². The Hall–Kier alpha value is -1.76. The lowest BCUT2D eigenvalue weighted by Gasteiger charge is -2.09. The van der Waals surface area contributed by atoms with Crippen LogP contribution in [0.3, 0.4) is 0 Å². The van der Waals surface area contributed by atoms with Crippen molar-refractivity contribution in [3.05, 3.63) is 22.8 Å². The predicted molar refractivity (Wildman–Crippen MR) is 57.5 cm³/mol. The molecule has 0 aliphatic heterocycles. The molecule has 0 aliphatic rings. The molecule has 1 unspecified atom stereocenters. The summed E-state index contributed by atoms with van der Waals surface area (Å²) in [5, 5.41) is 24.2. The van der Waals surface area contributed by atoms with Gasteiger partial charge in [0.05, 0.1) is 11.7 Å². The summed E-state index contributed by atoms with van der Waals surface area (Å²) in [6, 6.07) is 0.0625. The average Bonchev–Trinajstić information content (AvgIpc) is 2.87. The van der Waals surface area contributed by atoms with Crippen LogP contribution in [0.4, 0.5) is 0 Å². The molecule has 86 valence electrons. The number of hydrogen-bond donors (Lipinski definition) is 3. The van der Waals surface area contributed by atoms with Crippen LogP contribution in [0.25, 0.3) is 0 Å². The van der Waals surface area contributed by atoms with Crippen LogP contribution < -0.4 is 5.32 Å². The van der Waals surface area contributed by atoms with E-state index in [1.54, 1.807) is 0 Å². The molecule has 7 nitrogen and oxygen atoms in total. The number of nitrogens with zero attached hydrogens (tertiary/aromatic N) is 4. The minimum atomic E-state index is 0.0625. The maximum absolute atomic E-state index is 4.14. The Balaban J connectivity index is 1.98. The van der Waals surface area contributed by atoms with E-state index in [1.165, 1.54) is 5.56 Å². The minimum absolute atomic E-state index is 0.0625. The predicted octanol–water partition coefficient (Wildman–Crippen LogP) is 0.390. The molecule has 2 rings (SSSR count). The molecule has 0 spiro atoms. The van der Waals surface area contributed by atoms with Gasteiger partial charge in [0.15, 0.2) is 5.82 Å². The fraction of sp³-hybridized carbons (Fsp3) is 0.556. The molecule has 0 bridgehead atoms. The van der Waals surface area contributed by atoms with Crippen molar-refractivity contribution in [2.24, 2.45) is 0 Å². The van der Waals surface area contributed by atoms with Crippen LogP contribution in [0.2, 0.25) is 0 Å². The van der Waals surface area contributed by atoms with Gasteiger partial charge < -0.3 is 5.32 Å². The van der Waals surface area contributed by atoms with Crippen LogP contribution in [0.1, 0.15) is 35.7 Å².